The number of nitrogens with zero attached hydrogens (tertiary/aromatic N) is 2. The first kappa shape index (κ1) is 15.1. The first-order chi connectivity index (χ1) is 10.8. The average Bonchev–Trinajstić information content (AvgIpc) is 2.80. The highest BCUT2D eigenvalue weighted by Gasteiger charge is 2.25. The largest absolute Gasteiger partial charge is 0.315 e. The van der Waals surface area contributed by atoms with Crippen molar-refractivity contribution in [2.24, 2.45) is 0 Å². The maximum atomic E-state index is 14.3. The summed E-state index contributed by atoms with van der Waals surface area (Å²) < 4.78 is 27.6. The predicted octanol–water partition coefficient (Wildman–Crippen LogP) is 2.74. The molecule has 0 aliphatic carbocycles. The van der Waals surface area contributed by atoms with E-state index in [9.17, 15) is 8.78 Å². The van der Waals surface area contributed by atoms with E-state index in [2.05, 4.69) is 15.2 Å². The van der Waals surface area contributed by atoms with Gasteiger partial charge in [0.15, 0.2) is 0 Å². The molecule has 2 heterocycles. The molecule has 1 unspecified atom stereocenters. The Morgan fingerprint density at radius 1 is 1.05 bits per heavy atom. The van der Waals surface area contributed by atoms with Gasteiger partial charge in [-0.1, -0.05) is 6.07 Å². The third-order valence-electron chi connectivity index (χ3n) is 4.02. The Kier molecular flexibility index (Phi) is 4.75. The Hall–Kier alpha value is -1.85. The number of benzene rings is 1. The standard InChI is InChI=1S/C17H19F2N3/c18-14-2-3-15(16(19)12-14)17(13-4-7-21-8-5-13)22-10-1-6-20-9-11-22/h2-5,7-8,12,17,20H,1,6,9-11H2. The van der Waals surface area contributed by atoms with Crippen molar-refractivity contribution in [3.05, 3.63) is 65.5 Å². The van der Waals surface area contributed by atoms with Gasteiger partial charge in [0.2, 0.25) is 0 Å². The molecule has 1 fully saturated rings. The summed E-state index contributed by atoms with van der Waals surface area (Å²) in [4.78, 5) is 6.28. The van der Waals surface area contributed by atoms with Crippen molar-refractivity contribution >= 4 is 0 Å². The van der Waals surface area contributed by atoms with Crippen LogP contribution in [0.15, 0.2) is 42.7 Å². The van der Waals surface area contributed by atoms with Crippen LogP contribution in [0.25, 0.3) is 0 Å². The summed E-state index contributed by atoms with van der Waals surface area (Å²) in [5.74, 6) is -1.05. The van der Waals surface area contributed by atoms with E-state index >= 15 is 0 Å². The molecule has 22 heavy (non-hydrogen) atoms. The summed E-state index contributed by atoms with van der Waals surface area (Å²) in [6, 6.07) is 7.40. The predicted molar refractivity (Wildman–Crippen MR) is 81.5 cm³/mol. The highest BCUT2D eigenvalue weighted by Crippen LogP contribution is 2.30. The molecule has 1 aliphatic rings. The highest BCUT2D eigenvalue weighted by molar-refractivity contribution is 5.32. The number of hydrogen-bond donors (Lipinski definition) is 1. The number of nitrogens with one attached hydrogen (secondary N) is 1. The lowest BCUT2D eigenvalue weighted by Crippen LogP contribution is -2.33. The van der Waals surface area contributed by atoms with Crippen molar-refractivity contribution in [2.75, 3.05) is 26.2 Å². The molecular formula is C17H19F2N3. The summed E-state index contributed by atoms with van der Waals surface area (Å²) in [6.45, 7) is 3.52. The summed E-state index contributed by atoms with van der Waals surface area (Å²) in [6.07, 6.45) is 4.42. The van der Waals surface area contributed by atoms with Crippen LogP contribution in [-0.4, -0.2) is 36.1 Å². The molecule has 0 amide bonds. The fourth-order valence-electron chi connectivity index (χ4n) is 2.98. The minimum Gasteiger partial charge on any atom is -0.315 e. The highest BCUT2D eigenvalue weighted by atomic mass is 19.1. The molecule has 1 atom stereocenters. The van der Waals surface area contributed by atoms with Crippen molar-refractivity contribution in [3.8, 4) is 0 Å². The molecule has 0 radical (unpaired) electrons. The van der Waals surface area contributed by atoms with Crippen molar-refractivity contribution in [1.82, 2.24) is 15.2 Å². The number of halogens is 2. The van der Waals surface area contributed by atoms with E-state index in [0.717, 1.165) is 44.2 Å². The van der Waals surface area contributed by atoms with E-state index in [0.29, 0.717) is 5.56 Å². The Labute approximate surface area is 129 Å². The van der Waals surface area contributed by atoms with Crippen LogP contribution in [0.1, 0.15) is 23.6 Å². The maximum absolute atomic E-state index is 14.3. The molecule has 1 aromatic heterocycles. The summed E-state index contributed by atoms with van der Waals surface area (Å²) in [5.41, 5.74) is 1.48. The van der Waals surface area contributed by atoms with Crippen molar-refractivity contribution in [3.63, 3.8) is 0 Å². The maximum Gasteiger partial charge on any atom is 0.131 e. The van der Waals surface area contributed by atoms with Crippen LogP contribution in [0.5, 0.6) is 0 Å². The van der Waals surface area contributed by atoms with Gasteiger partial charge in [-0.15, -0.1) is 0 Å². The first-order valence-electron chi connectivity index (χ1n) is 7.55. The van der Waals surface area contributed by atoms with E-state index in [1.807, 2.05) is 12.1 Å². The van der Waals surface area contributed by atoms with Crippen LogP contribution in [0, 0.1) is 11.6 Å². The molecule has 0 bridgehead atoms. The van der Waals surface area contributed by atoms with E-state index < -0.39 is 11.6 Å². The van der Waals surface area contributed by atoms with Crippen molar-refractivity contribution in [2.45, 2.75) is 12.5 Å². The van der Waals surface area contributed by atoms with Gasteiger partial charge in [-0.3, -0.25) is 9.88 Å². The first-order valence-corrected chi connectivity index (χ1v) is 7.55. The van der Waals surface area contributed by atoms with Gasteiger partial charge in [-0.2, -0.15) is 0 Å². The molecule has 1 N–H and O–H groups in total. The lowest BCUT2D eigenvalue weighted by atomic mass is 9.97. The molecule has 0 spiro atoms. The second-order valence-electron chi connectivity index (χ2n) is 5.49. The monoisotopic (exact) mass is 303 g/mol. The van der Waals surface area contributed by atoms with E-state index in [1.54, 1.807) is 18.5 Å². The second-order valence-corrected chi connectivity index (χ2v) is 5.49. The zero-order chi connectivity index (χ0) is 15.4. The average molecular weight is 303 g/mol. The molecule has 1 aromatic carbocycles. The number of rotatable bonds is 3. The van der Waals surface area contributed by atoms with Gasteiger partial charge in [0, 0.05) is 43.7 Å². The zero-order valence-electron chi connectivity index (χ0n) is 12.3. The minimum atomic E-state index is -0.549. The fraction of sp³-hybridized carbons (Fsp3) is 0.353. The number of hydrogen-bond acceptors (Lipinski definition) is 3. The third-order valence-corrected chi connectivity index (χ3v) is 4.02. The van der Waals surface area contributed by atoms with Gasteiger partial charge in [0.05, 0.1) is 6.04 Å². The van der Waals surface area contributed by atoms with E-state index in [4.69, 9.17) is 0 Å². The Morgan fingerprint density at radius 2 is 1.86 bits per heavy atom. The molecule has 1 saturated heterocycles. The lowest BCUT2D eigenvalue weighted by molar-refractivity contribution is 0.236. The van der Waals surface area contributed by atoms with Gasteiger partial charge in [-0.25, -0.2) is 8.78 Å². The van der Waals surface area contributed by atoms with E-state index in [-0.39, 0.29) is 6.04 Å². The second kappa shape index (κ2) is 6.94. The van der Waals surface area contributed by atoms with Crippen LogP contribution >= 0.6 is 0 Å². The van der Waals surface area contributed by atoms with Gasteiger partial charge < -0.3 is 5.32 Å². The molecule has 1 aliphatic heterocycles. The Bertz CT molecular complexity index is 611. The van der Waals surface area contributed by atoms with Crippen molar-refractivity contribution < 1.29 is 8.78 Å². The van der Waals surface area contributed by atoms with Crippen LogP contribution < -0.4 is 5.32 Å². The summed E-state index contributed by atoms with van der Waals surface area (Å²) >= 11 is 0. The number of aromatic nitrogens is 1. The van der Waals surface area contributed by atoms with Crippen LogP contribution in [0.3, 0.4) is 0 Å². The van der Waals surface area contributed by atoms with Gasteiger partial charge in [0.1, 0.15) is 11.6 Å². The topological polar surface area (TPSA) is 28.2 Å². The third kappa shape index (κ3) is 3.31. The Morgan fingerprint density at radius 3 is 2.64 bits per heavy atom. The smallest absolute Gasteiger partial charge is 0.131 e. The van der Waals surface area contributed by atoms with Crippen LogP contribution in [0.4, 0.5) is 8.78 Å². The van der Waals surface area contributed by atoms with E-state index in [1.165, 1.54) is 6.07 Å². The molecule has 0 saturated carbocycles. The van der Waals surface area contributed by atoms with Crippen LogP contribution in [-0.2, 0) is 0 Å². The van der Waals surface area contributed by atoms with Gasteiger partial charge in [-0.05, 0) is 36.7 Å². The summed E-state index contributed by atoms with van der Waals surface area (Å²) in [7, 11) is 0. The molecule has 3 nitrogen and oxygen atoms in total. The van der Waals surface area contributed by atoms with Gasteiger partial charge >= 0.3 is 0 Å². The molecule has 5 heteroatoms. The minimum absolute atomic E-state index is 0.219. The van der Waals surface area contributed by atoms with Crippen LogP contribution in [0.2, 0.25) is 0 Å². The summed E-state index contributed by atoms with van der Waals surface area (Å²) in [5, 5.41) is 3.35. The normalized spacial score (nSPS) is 17.9. The van der Waals surface area contributed by atoms with Crippen molar-refractivity contribution in [1.29, 1.82) is 0 Å². The fourth-order valence-corrected chi connectivity index (χ4v) is 2.98. The SMILES string of the molecule is Fc1ccc(C(c2ccncc2)N2CCCNCC2)c(F)c1. The number of pyridine rings is 1. The molecule has 3 rings (SSSR count). The Balaban J connectivity index is 2.02. The lowest BCUT2D eigenvalue weighted by Gasteiger charge is -2.31. The van der Waals surface area contributed by atoms with Gasteiger partial charge in [0.25, 0.3) is 0 Å². The molecule has 116 valence electrons. The molecule has 2 aromatic rings. The molecular weight excluding hydrogens is 284 g/mol. The zero-order valence-corrected chi connectivity index (χ0v) is 12.3. The quantitative estimate of drug-likeness (QED) is 0.945.